The number of ether oxygens (including phenoxy) is 1. The van der Waals surface area contributed by atoms with Crippen LogP contribution in [0.25, 0.3) is 0 Å². The van der Waals surface area contributed by atoms with Crippen LogP contribution in [0.1, 0.15) is 33.1 Å². The van der Waals surface area contributed by atoms with Crippen LogP contribution in [0, 0.1) is 12.3 Å². The van der Waals surface area contributed by atoms with E-state index < -0.39 is 0 Å². The van der Waals surface area contributed by atoms with Crippen molar-refractivity contribution in [1.82, 2.24) is 5.32 Å². The Hall–Kier alpha value is -0.520. The number of terminal acetylenes is 1. The molecule has 1 N–H and O–H groups in total. The van der Waals surface area contributed by atoms with Gasteiger partial charge < -0.3 is 4.74 Å². The van der Waals surface area contributed by atoms with Gasteiger partial charge in [0, 0.05) is 13.2 Å². The molecule has 0 saturated carbocycles. The quantitative estimate of drug-likeness (QED) is 0.608. The SMILES string of the molecule is C#CC(CC)NC(CCC)COC. The monoisotopic (exact) mass is 183 g/mol. The Labute approximate surface area is 82.1 Å². The topological polar surface area (TPSA) is 21.3 Å². The number of methoxy groups -OCH3 is 1. The maximum Gasteiger partial charge on any atom is 0.0687 e. The zero-order chi connectivity index (χ0) is 10.1. The lowest BCUT2D eigenvalue weighted by Gasteiger charge is -2.20. The summed E-state index contributed by atoms with van der Waals surface area (Å²) in [6.07, 6.45) is 8.62. The van der Waals surface area contributed by atoms with Gasteiger partial charge in [-0.1, -0.05) is 26.2 Å². The number of rotatable bonds is 7. The van der Waals surface area contributed by atoms with E-state index in [0.29, 0.717) is 6.04 Å². The van der Waals surface area contributed by atoms with Crippen LogP contribution in [-0.2, 0) is 4.74 Å². The van der Waals surface area contributed by atoms with Gasteiger partial charge in [-0.15, -0.1) is 6.42 Å². The molecule has 76 valence electrons. The first-order valence-corrected chi connectivity index (χ1v) is 4.99. The summed E-state index contributed by atoms with van der Waals surface area (Å²) in [5.74, 6) is 2.73. The van der Waals surface area contributed by atoms with Gasteiger partial charge >= 0.3 is 0 Å². The second kappa shape index (κ2) is 8.10. The fraction of sp³-hybridized carbons (Fsp3) is 0.818. The molecule has 0 heterocycles. The minimum absolute atomic E-state index is 0.187. The fourth-order valence-corrected chi connectivity index (χ4v) is 1.33. The Balaban J connectivity index is 3.85. The molecule has 2 unspecified atom stereocenters. The molecule has 0 amide bonds. The third-order valence-corrected chi connectivity index (χ3v) is 2.05. The maximum atomic E-state index is 5.37. The molecule has 0 aliphatic carbocycles. The van der Waals surface area contributed by atoms with Crippen LogP contribution in [0.15, 0.2) is 0 Å². The molecule has 2 atom stereocenters. The predicted molar refractivity (Wildman–Crippen MR) is 56.6 cm³/mol. The molecule has 0 aromatic heterocycles. The first-order chi connectivity index (χ1) is 6.28. The molecular weight excluding hydrogens is 162 g/mol. The third-order valence-electron chi connectivity index (χ3n) is 2.05. The Morgan fingerprint density at radius 1 is 1.46 bits per heavy atom. The molecule has 0 aromatic rings. The van der Waals surface area contributed by atoms with Gasteiger partial charge in [0.25, 0.3) is 0 Å². The molecule has 2 heteroatoms. The van der Waals surface area contributed by atoms with E-state index in [9.17, 15) is 0 Å². The van der Waals surface area contributed by atoms with Gasteiger partial charge in [-0.3, -0.25) is 5.32 Å². The van der Waals surface area contributed by atoms with Crippen LogP contribution in [0.4, 0.5) is 0 Å². The highest BCUT2D eigenvalue weighted by Gasteiger charge is 2.10. The van der Waals surface area contributed by atoms with Crippen molar-refractivity contribution in [3.8, 4) is 12.3 Å². The van der Waals surface area contributed by atoms with Crippen molar-refractivity contribution < 1.29 is 4.74 Å². The smallest absolute Gasteiger partial charge is 0.0687 e. The normalized spacial score (nSPS) is 14.9. The average Bonchev–Trinajstić information content (AvgIpc) is 2.14. The molecule has 2 nitrogen and oxygen atoms in total. The van der Waals surface area contributed by atoms with Gasteiger partial charge in [-0.05, 0) is 12.8 Å². The summed E-state index contributed by atoms with van der Waals surface area (Å²) in [7, 11) is 1.72. The van der Waals surface area contributed by atoms with Crippen molar-refractivity contribution in [3.63, 3.8) is 0 Å². The molecule has 13 heavy (non-hydrogen) atoms. The molecular formula is C11H21NO. The highest BCUT2D eigenvalue weighted by molar-refractivity contribution is 4.99. The van der Waals surface area contributed by atoms with Crippen LogP contribution < -0.4 is 5.32 Å². The lowest BCUT2D eigenvalue weighted by atomic mass is 10.1. The summed E-state index contributed by atoms with van der Waals surface area (Å²) in [6.45, 7) is 5.00. The van der Waals surface area contributed by atoms with E-state index in [1.54, 1.807) is 7.11 Å². The number of hydrogen-bond acceptors (Lipinski definition) is 2. The largest absolute Gasteiger partial charge is 0.383 e. The Morgan fingerprint density at radius 2 is 2.15 bits per heavy atom. The summed E-state index contributed by atoms with van der Waals surface area (Å²) in [6, 6.07) is 0.586. The van der Waals surface area contributed by atoms with Gasteiger partial charge in [-0.2, -0.15) is 0 Å². The Kier molecular flexibility index (Phi) is 7.77. The summed E-state index contributed by atoms with van der Waals surface area (Å²) < 4.78 is 5.12. The van der Waals surface area contributed by atoms with E-state index in [2.05, 4.69) is 25.1 Å². The first kappa shape index (κ1) is 12.5. The molecule has 0 fully saturated rings. The van der Waals surface area contributed by atoms with Gasteiger partial charge in [0.05, 0.1) is 12.6 Å². The van der Waals surface area contributed by atoms with Gasteiger partial charge in [0.1, 0.15) is 0 Å². The Bertz CT molecular complexity index is 145. The maximum absolute atomic E-state index is 5.37. The van der Waals surface area contributed by atoms with E-state index in [1.807, 2.05) is 0 Å². The van der Waals surface area contributed by atoms with Crippen LogP contribution >= 0.6 is 0 Å². The lowest BCUT2D eigenvalue weighted by molar-refractivity contribution is 0.159. The van der Waals surface area contributed by atoms with Gasteiger partial charge in [0.15, 0.2) is 0 Å². The predicted octanol–water partition coefficient (Wildman–Crippen LogP) is 1.80. The second-order valence-corrected chi connectivity index (χ2v) is 3.24. The van der Waals surface area contributed by atoms with Gasteiger partial charge in [0.2, 0.25) is 0 Å². The molecule has 0 saturated heterocycles. The molecule has 0 aliphatic heterocycles. The van der Waals surface area contributed by atoms with Crippen LogP contribution in [-0.4, -0.2) is 25.8 Å². The summed E-state index contributed by atoms with van der Waals surface area (Å²) >= 11 is 0. The molecule has 0 spiro atoms. The average molecular weight is 183 g/mol. The van der Waals surface area contributed by atoms with Gasteiger partial charge in [-0.25, -0.2) is 0 Å². The van der Waals surface area contributed by atoms with Crippen molar-refractivity contribution in [3.05, 3.63) is 0 Å². The van der Waals surface area contributed by atoms with Crippen molar-refractivity contribution in [2.45, 2.75) is 45.2 Å². The highest BCUT2D eigenvalue weighted by atomic mass is 16.5. The lowest BCUT2D eigenvalue weighted by Crippen LogP contribution is -2.39. The minimum atomic E-state index is 0.187. The second-order valence-electron chi connectivity index (χ2n) is 3.24. The summed E-state index contributed by atoms with van der Waals surface area (Å²) in [5.41, 5.74) is 0. The standard InChI is InChI=1S/C11H21NO/c1-5-8-11(9-13-4)12-10(6-2)7-3/h2,10-12H,5,7-9H2,1,3-4H3. The van der Waals surface area contributed by atoms with E-state index in [1.165, 1.54) is 0 Å². The number of nitrogens with one attached hydrogen (secondary N) is 1. The Morgan fingerprint density at radius 3 is 2.54 bits per heavy atom. The van der Waals surface area contributed by atoms with Crippen molar-refractivity contribution >= 4 is 0 Å². The zero-order valence-corrected chi connectivity index (χ0v) is 8.97. The molecule has 0 bridgehead atoms. The van der Waals surface area contributed by atoms with Crippen LogP contribution in [0.3, 0.4) is 0 Å². The highest BCUT2D eigenvalue weighted by Crippen LogP contribution is 2.00. The van der Waals surface area contributed by atoms with E-state index >= 15 is 0 Å². The molecule has 0 rings (SSSR count). The van der Waals surface area contributed by atoms with Crippen LogP contribution in [0.2, 0.25) is 0 Å². The van der Waals surface area contributed by atoms with Crippen molar-refractivity contribution in [1.29, 1.82) is 0 Å². The zero-order valence-electron chi connectivity index (χ0n) is 8.97. The van der Waals surface area contributed by atoms with E-state index in [-0.39, 0.29) is 6.04 Å². The first-order valence-electron chi connectivity index (χ1n) is 4.99. The van der Waals surface area contributed by atoms with Crippen LogP contribution in [0.5, 0.6) is 0 Å². The minimum Gasteiger partial charge on any atom is -0.383 e. The molecule has 0 aliphatic rings. The summed E-state index contributed by atoms with van der Waals surface area (Å²) in [4.78, 5) is 0. The fourth-order valence-electron chi connectivity index (χ4n) is 1.33. The summed E-state index contributed by atoms with van der Waals surface area (Å²) in [5, 5.41) is 3.39. The van der Waals surface area contributed by atoms with E-state index in [4.69, 9.17) is 11.2 Å². The third kappa shape index (κ3) is 5.68. The van der Waals surface area contributed by atoms with E-state index in [0.717, 1.165) is 25.9 Å². The molecule has 0 radical (unpaired) electrons. The molecule has 0 aromatic carbocycles. The number of hydrogen-bond donors (Lipinski definition) is 1. The van der Waals surface area contributed by atoms with Crippen molar-refractivity contribution in [2.24, 2.45) is 0 Å². The van der Waals surface area contributed by atoms with Crippen molar-refractivity contribution in [2.75, 3.05) is 13.7 Å².